The molecule has 2 aromatic carbocycles. The summed E-state index contributed by atoms with van der Waals surface area (Å²) >= 11 is 0. The zero-order valence-electron chi connectivity index (χ0n) is 18.4. The first-order valence-corrected chi connectivity index (χ1v) is 10.8. The van der Waals surface area contributed by atoms with Gasteiger partial charge in [0.1, 0.15) is 0 Å². The largest absolute Gasteiger partial charge is 0.493 e. The molecular weight excluding hydrogens is 437 g/mol. The molecule has 178 valence electrons. The number of nitrogens with one attached hydrogen (secondary N) is 1. The fourth-order valence-electron chi connectivity index (χ4n) is 3.66. The van der Waals surface area contributed by atoms with Crippen molar-refractivity contribution < 1.29 is 32.2 Å². The Hall–Kier alpha value is -3.23. The average Bonchev–Trinajstić information content (AvgIpc) is 2.81. The highest BCUT2D eigenvalue weighted by molar-refractivity contribution is 6.03. The fourth-order valence-corrected chi connectivity index (χ4v) is 3.66. The molecule has 0 aromatic heterocycles. The fraction of sp³-hybridized carbons (Fsp3) is 0.417. The van der Waals surface area contributed by atoms with Crippen LogP contribution in [0.5, 0.6) is 11.5 Å². The predicted octanol–water partition coefficient (Wildman–Crippen LogP) is 4.83. The summed E-state index contributed by atoms with van der Waals surface area (Å²) in [6.07, 6.45) is -0.925. The molecule has 3 rings (SSSR count). The SMILES string of the molecule is COc1cc(CCC(=O)Nc2ccccc2C(=O)N2CCCCC2)ccc1OCC(F)(F)F. The predicted molar refractivity (Wildman–Crippen MR) is 118 cm³/mol. The topological polar surface area (TPSA) is 67.9 Å². The van der Waals surface area contributed by atoms with Crippen molar-refractivity contribution in [1.29, 1.82) is 0 Å². The molecule has 1 heterocycles. The van der Waals surface area contributed by atoms with Gasteiger partial charge in [0.05, 0.1) is 18.4 Å². The van der Waals surface area contributed by atoms with Crippen LogP contribution in [-0.4, -0.2) is 49.7 Å². The number of carbonyl (C=O) groups is 2. The van der Waals surface area contributed by atoms with Crippen LogP contribution in [0.25, 0.3) is 0 Å². The van der Waals surface area contributed by atoms with Gasteiger partial charge >= 0.3 is 6.18 Å². The lowest BCUT2D eigenvalue weighted by atomic mass is 10.1. The smallest absolute Gasteiger partial charge is 0.422 e. The van der Waals surface area contributed by atoms with Gasteiger partial charge in [0.15, 0.2) is 18.1 Å². The Labute approximate surface area is 190 Å². The first kappa shape index (κ1) is 24.4. The number of aryl methyl sites for hydroxylation is 1. The van der Waals surface area contributed by atoms with Crippen molar-refractivity contribution in [3.63, 3.8) is 0 Å². The number of hydrogen-bond donors (Lipinski definition) is 1. The summed E-state index contributed by atoms with van der Waals surface area (Å²) in [5, 5.41) is 2.81. The van der Waals surface area contributed by atoms with Gasteiger partial charge < -0.3 is 19.7 Å². The molecule has 0 bridgehead atoms. The van der Waals surface area contributed by atoms with Crippen molar-refractivity contribution in [1.82, 2.24) is 4.90 Å². The molecule has 2 amide bonds. The molecule has 0 atom stereocenters. The lowest BCUT2D eigenvalue weighted by molar-refractivity contribution is -0.153. The Morgan fingerprint density at radius 1 is 1.03 bits per heavy atom. The zero-order valence-corrected chi connectivity index (χ0v) is 18.4. The normalized spacial score (nSPS) is 14.0. The van der Waals surface area contributed by atoms with E-state index in [0.29, 0.717) is 36.3 Å². The van der Waals surface area contributed by atoms with E-state index in [2.05, 4.69) is 5.32 Å². The molecule has 1 N–H and O–H groups in total. The third kappa shape index (κ3) is 7.13. The average molecular weight is 464 g/mol. The molecule has 1 saturated heterocycles. The highest BCUT2D eigenvalue weighted by Crippen LogP contribution is 2.30. The molecule has 0 spiro atoms. The molecule has 1 fully saturated rings. The number of carbonyl (C=O) groups excluding carboxylic acids is 2. The minimum Gasteiger partial charge on any atom is -0.493 e. The Morgan fingerprint density at radius 2 is 1.76 bits per heavy atom. The number of ether oxygens (including phenoxy) is 2. The van der Waals surface area contributed by atoms with Crippen molar-refractivity contribution in [3.8, 4) is 11.5 Å². The van der Waals surface area contributed by atoms with Crippen LogP contribution in [0.2, 0.25) is 0 Å². The van der Waals surface area contributed by atoms with Gasteiger partial charge in [-0.3, -0.25) is 9.59 Å². The van der Waals surface area contributed by atoms with Crippen molar-refractivity contribution in [3.05, 3.63) is 53.6 Å². The summed E-state index contributed by atoms with van der Waals surface area (Å²) in [7, 11) is 1.34. The van der Waals surface area contributed by atoms with E-state index in [4.69, 9.17) is 9.47 Å². The van der Waals surface area contributed by atoms with Crippen LogP contribution in [0.3, 0.4) is 0 Å². The molecule has 0 radical (unpaired) electrons. The molecule has 0 aliphatic carbocycles. The summed E-state index contributed by atoms with van der Waals surface area (Å²) in [5.41, 5.74) is 1.63. The maximum absolute atomic E-state index is 12.9. The maximum atomic E-state index is 12.9. The number of amides is 2. The number of piperidine rings is 1. The number of anilines is 1. The third-order valence-electron chi connectivity index (χ3n) is 5.33. The number of alkyl halides is 3. The highest BCUT2D eigenvalue weighted by Gasteiger charge is 2.29. The van der Waals surface area contributed by atoms with E-state index >= 15 is 0 Å². The number of methoxy groups -OCH3 is 1. The third-order valence-corrected chi connectivity index (χ3v) is 5.33. The van der Waals surface area contributed by atoms with E-state index in [-0.39, 0.29) is 29.7 Å². The number of hydrogen-bond acceptors (Lipinski definition) is 4. The second kappa shape index (κ2) is 11.1. The van der Waals surface area contributed by atoms with Gasteiger partial charge in [0.2, 0.25) is 5.91 Å². The Bertz CT molecular complexity index is 972. The van der Waals surface area contributed by atoms with Gasteiger partial charge in [-0.05, 0) is 55.5 Å². The molecule has 6 nitrogen and oxygen atoms in total. The number of nitrogens with zero attached hydrogens (tertiary/aromatic N) is 1. The molecule has 1 aliphatic rings. The molecule has 0 unspecified atom stereocenters. The number of rotatable bonds is 8. The van der Waals surface area contributed by atoms with Crippen molar-refractivity contribution in [2.45, 2.75) is 38.3 Å². The van der Waals surface area contributed by atoms with Gasteiger partial charge in [0, 0.05) is 19.5 Å². The van der Waals surface area contributed by atoms with E-state index in [0.717, 1.165) is 19.3 Å². The van der Waals surface area contributed by atoms with Crippen molar-refractivity contribution >= 4 is 17.5 Å². The maximum Gasteiger partial charge on any atom is 0.422 e. The first-order valence-electron chi connectivity index (χ1n) is 10.8. The molecule has 9 heteroatoms. The lowest BCUT2D eigenvalue weighted by Crippen LogP contribution is -2.36. The van der Waals surface area contributed by atoms with Crippen molar-refractivity contribution in [2.75, 3.05) is 32.1 Å². The second-order valence-corrected chi connectivity index (χ2v) is 7.84. The number of halogens is 3. The van der Waals surface area contributed by atoms with E-state index < -0.39 is 12.8 Å². The van der Waals surface area contributed by atoms with E-state index in [1.54, 1.807) is 36.4 Å². The second-order valence-electron chi connectivity index (χ2n) is 7.84. The summed E-state index contributed by atoms with van der Waals surface area (Å²) in [6, 6.07) is 11.5. The summed E-state index contributed by atoms with van der Waals surface area (Å²) < 4.78 is 47.1. The van der Waals surface area contributed by atoms with E-state index in [9.17, 15) is 22.8 Å². The lowest BCUT2D eigenvalue weighted by Gasteiger charge is -2.27. The van der Waals surface area contributed by atoms with Crippen molar-refractivity contribution in [2.24, 2.45) is 0 Å². The molecular formula is C24H27F3N2O4. The van der Waals surface area contributed by atoms with Gasteiger partial charge in [-0.25, -0.2) is 0 Å². The Kier molecular flexibility index (Phi) is 8.19. The summed E-state index contributed by atoms with van der Waals surface area (Å²) in [5.74, 6) is -0.224. The minimum atomic E-state index is -4.45. The standard InChI is InChI=1S/C24H27F3N2O4/c1-32-21-15-17(9-11-20(21)33-16-24(25,26)27)10-12-22(30)28-19-8-4-3-7-18(19)23(31)29-13-5-2-6-14-29/h3-4,7-9,11,15H,2,5-6,10,12-14,16H2,1H3,(H,28,30). The van der Waals surface area contributed by atoms with Gasteiger partial charge in [0.25, 0.3) is 5.91 Å². The number of benzene rings is 2. The van der Waals surface area contributed by atoms with Gasteiger partial charge in [-0.1, -0.05) is 18.2 Å². The van der Waals surface area contributed by atoms with Crippen LogP contribution >= 0.6 is 0 Å². The number of para-hydroxylation sites is 1. The van der Waals surface area contributed by atoms with E-state index in [1.807, 2.05) is 4.90 Å². The van der Waals surface area contributed by atoms with Crippen LogP contribution in [0, 0.1) is 0 Å². The highest BCUT2D eigenvalue weighted by atomic mass is 19.4. The summed E-state index contributed by atoms with van der Waals surface area (Å²) in [4.78, 5) is 27.2. The zero-order chi connectivity index (χ0) is 23.8. The van der Waals surface area contributed by atoms with E-state index in [1.165, 1.54) is 13.2 Å². The molecule has 1 aliphatic heterocycles. The monoisotopic (exact) mass is 464 g/mol. The Morgan fingerprint density at radius 3 is 2.45 bits per heavy atom. The molecule has 2 aromatic rings. The Balaban J connectivity index is 1.60. The molecule has 33 heavy (non-hydrogen) atoms. The van der Waals surface area contributed by atoms with Crippen LogP contribution in [0.1, 0.15) is 41.6 Å². The van der Waals surface area contributed by atoms with Crippen LogP contribution < -0.4 is 14.8 Å². The van der Waals surface area contributed by atoms with Crippen LogP contribution in [0.15, 0.2) is 42.5 Å². The first-order chi connectivity index (χ1) is 15.8. The van der Waals surface area contributed by atoms with Crippen LogP contribution in [-0.2, 0) is 11.2 Å². The number of likely N-dealkylation sites (tertiary alicyclic amines) is 1. The van der Waals surface area contributed by atoms with Crippen LogP contribution in [0.4, 0.5) is 18.9 Å². The molecule has 0 saturated carbocycles. The summed E-state index contributed by atoms with van der Waals surface area (Å²) in [6.45, 7) is 0.0118. The van der Waals surface area contributed by atoms with Gasteiger partial charge in [-0.15, -0.1) is 0 Å². The quantitative estimate of drug-likeness (QED) is 0.608. The van der Waals surface area contributed by atoms with Gasteiger partial charge in [-0.2, -0.15) is 13.2 Å². The minimum absolute atomic E-state index is 0.0202.